The van der Waals surface area contributed by atoms with Gasteiger partial charge in [0.2, 0.25) is 0 Å². The van der Waals surface area contributed by atoms with Crippen molar-refractivity contribution in [1.29, 1.82) is 10.5 Å². The van der Waals surface area contributed by atoms with E-state index in [0.717, 1.165) is 29.5 Å². The largest absolute Gasteiger partial charge is 0.283 e. The summed E-state index contributed by atoms with van der Waals surface area (Å²) >= 11 is 3.04. The van der Waals surface area contributed by atoms with E-state index in [1.807, 2.05) is 0 Å². The third-order valence-corrected chi connectivity index (χ3v) is 6.63. The van der Waals surface area contributed by atoms with Crippen LogP contribution >= 0.6 is 23.1 Å². The molecule has 128 valence electrons. The molecular formula is C18H18N4OS2. The van der Waals surface area contributed by atoms with Crippen LogP contribution in [-0.4, -0.2) is 15.3 Å². The molecule has 0 N–H and O–H groups in total. The summed E-state index contributed by atoms with van der Waals surface area (Å²) in [6.45, 7) is 4.15. The molecule has 0 spiro atoms. The van der Waals surface area contributed by atoms with Crippen LogP contribution in [0.3, 0.4) is 0 Å². The highest BCUT2D eigenvalue weighted by molar-refractivity contribution is 7.99. The van der Waals surface area contributed by atoms with Crippen LogP contribution in [-0.2, 0) is 19.4 Å². The minimum Gasteiger partial charge on any atom is -0.283 e. The van der Waals surface area contributed by atoms with E-state index in [-0.39, 0.29) is 11.5 Å². The monoisotopic (exact) mass is 370 g/mol. The first-order chi connectivity index (χ1) is 12.2. The Balaban J connectivity index is 1.96. The fourth-order valence-electron chi connectivity index (χ4n) is 3.06. The van der Waals surface area contributed by atoms with Gasteiger partial charge in [-0.25, -0.2) is 4.98 Å². The first-order valence-corrected chi connectivity index (χ1v) is 10.0. The average molecular weight is 371 g/mol. The molecule has 5 nitrogen and oxygen atoms in total. The fraction of sp³-hybridized carbons (Fsp3) is 0.444. The van der Waals surface area contributed by atoms with Crippen LogP contribution in [0, 0.1) is 28.6 Å². The highest BCUT2D eigenvalue weighted by atomic mass is 32.2. The van der Waals surface area contributed by atoms with E-state index < -0.39 is 0 Å². The Hall–Kier alpha value is -2.09. The smallest absolute Gasteiger partial charge is 0.263 e. The minimum atomic E-state index is -0.220. The summed E-state index contributed by atoms with van der Waals surface area (Å²) in [6, 6.07) is 4.31. The van der Waals surface area contributed by atoms with Crippen molar-refractivity contribution in [2.45, 2.75) is 43.8 Å². The maximum absolute atomic E-state index is 13.0. The average Bonchev–Trinajstić information content (AvgIpc) is 3.18. The molecular weight excluding hydrogens is 352 g/mol. The number of thiophene rings is 1. The summed E-state index contributed by atoms with van der Waals surface area (Å²) in [7, 11) is 0. The lowest BCUT2D eigenvalue weighted by Gasteiger charge is -2.12. The molecule has 3 rings (SSSR count). The molecule has 2 heterocycles. The minimum absolute atomic E-state index is 0.00247. The van der Waals surface area contributed by atoms with Gasteiger partial charge in [0.15, 0.2) is 5.16 Å². The van der Waals surface area contributed by atoms with Crippen LogP contribution in [0.2, 0.25) is 0 Å². The molecule has 0 aliphatic heterocycles. The third-order valence-electron chi connectivity index (χ3n) is 4.30. The molecule has 0 radical (unpaired) electrons. The maximum Gasteiger partial charge on any atom is 0.263 e. The molecule has 0 saturated carbocycles. The van der Waals surface area contributed by atoms with Crippen LogP contribution in [0.4, 0.5) is 0 Å². The van der Waals surface area contributed by atoms with Crippen molar-refractivity contribution in [3.63, 3.8) is 0 Å². The van der Waals surface area contributed by atoms with Crippen LogP contribution in [0.25, 0.3) is 10.2 Å². The van der Waals surface area contributed by atoms with Crippen molar-refractivity contribution in [3.8, 4) is 12.1 Å². The Morgan fingerprint density at radius 3 is 3.00 bits per heavy atom. The van der Waals surface area contributed by atoms with E-state index in [0.29, 0.717) is 30.3 Å². The highest BCUT2D eigenvalue weighted by Gasteiger charge is 2.23. The second kappa shape index (κ2) is 7.86. The molecule has 2 aromatic rings. The van der Waals surface area contributed by atoms with Gasteiger partial charge < -0.3 is 0 Å². The summed E-state index contributed by atoms with van der Waals surface area (Å²) in [6.07, 6.45) is 5.70. The Labute approximate surface area is 154 Å². The zero-order valence-corrected chi connectivity index (χ0v) is 15.5. The maximum atomic E-state index is 13.0. The zero-order valence-electron chi connectivity index (χ0n) is 13.8. The van der Waals surface area contributed by atoms with Crippen LogP contribution in [0.15, 0.2) is 22.6 Å². The van der Waals surface area contributed by atoms with Crippen molar-refractivity contribution < 1.29 is 0 Å². The molecule has 1 aliphatic carbocycles. The van der Waals surface area contributed by atoms with E-state index in [4.69, 9.17) is 10.2 Å². The number of hydrogen-bond acceptors (Lipinski definition) is 6. The second-order valence-corrected chi connectivity index (χ2v) is 8.04. The number of hydrogen-bond donors (Lipinski definition) is 0. The van der Waals surface area contributed by atoms with Crippen LogP contribution < -0.4 is 5.56 Å². The quantitative estimate of drug-likeness (QED) is 0.422. The molecule has 0 bridgehead atoms. The van der Waals surface area contributed by atoms with Gasteiger partial charge in [0.25, 0.3) is 5.56 Å². The summed E-state index contributed by atoms with van der Waals surface area (Å²) in [5.41, 5.74) is 1.17. The molecule has 0 unspecified atom stereocenters. The second-order valence-electron chi connectivity index (χ2n) is 5.97. The Kier molecular flexibility index (Phi) is 5.57. The van der Waals surface area contributed by atoms with E-state index in [2.05, 4.69) is 18.7 Å². The van der Waals surface area contributed by atoms with Gasteiger partial charge in [-0.3, -0.25) is 9.36 Å². The molecule has 0 fully saturated rings. The standard InChI is InChI=1S/C18H18N4OS2/c1-2-9-22-17(23)15-13-6-3-7-14(13)25-16(15)21-18(22)24-11-12(10-20)5-4-8-19/h2,12H,1,3-7,9,11H2/t12-/m0/s1. The van der Waals surface area contributed by atoms with E-state index >= 15 is 0 Å². The van der Waals surface area contributed by atoms with Gasteiger partial charge in [0.05, 0.1) is 23.4 Å². The van der Waals surface area contributed by atoms with E-state index in [1.54, 1.807) is 22.0 Å². The third kappa shape index (κ3) is 3.49. The summed E-state index contributed by atoms with van der Waals surface area (Å²) in [4.78, 5) is 19.8. The van der Waals surface area contributed by atoms with Crippen molar-refractivity contribution in [2.75, 3.05) is 5.75 Å². The van der Waals surface area contributed by atoms with E-state index in [9.17, 15) is 10.1 Å². The van der Waals surface area contributed by atoms with Crippen molar-refractivity contribution in [1.82, 2.24) is 9.55 Å². The topological polar surface area (TPSA) is 82.5 Å². The molecule has 0 amide bonds. The lowest BCUT2D eigenvalue weighted by Crippen LogP contribution is -2.23. The lowest BCUT2D eigenvalue weighted by atomic mass is 10.1. The van der Waals surface area contributed by atoms with Crippen LogP contribution in [0.1, 0.15) is 29.7 Å². The molecule has 25 heavy (non-hydrogen) atoms. The molecule has 0 saturated heterocycles. The lowest BCUT2D eigenvalue weighted by molar-refractivity contribution is 0.660. The number of nitrogens with zero attached hydrogens (tertiary/aromatic N) is 4. The number of thioether (sulfide) groups is 1. The summed E-state index contributed by atoms with van der Waals surface area (Å²) in [5.74, 6) is 0.306. The summed E-state index contributed by atoms with van der Waals surface area (Å²) < 4.78 is 1.66. The number of allylic oxidation sites excluding steroid dienone is 1. The van der Waals surface area contributed by atoms with E-state index in [1.165, 1.54) is 22.2 Å². The molecule has 0 aromatic carbocycles. The van der Waals surface area contributed by atoms with Gasteiger partial charge >= 0.3 is 0 Å². The van der Waals surface area contributed by atoms with Crippen molar-refractivity contribution in [3.05, 3.63) is 33.4 Å². The van der Waals surface area contributed by atoms with Gasteiger partial charge in [-0.2, -0.15) is 10.5 Å². The van der Waals surface area contributed by atoms with Crippen LogP contribution in [0.5, 0.6) is 0 Å². The van der Waals surface area contributed by atoms with Crippen molar-refractivity contribution >= 4 is 33.3 Å². The van der Waals surface area contributed by atoms with Crippen molar-refractivity contribution in [2.24, 2.45) is 5.92 Å². The Bertz CT molecular complexity index is 945. The SMILES string of the molecule is C=CCn1c(SC[C@H](C#N)CCC#N)nc2sc3c(c2c1=O)CCC3. The Morgan fingerprint density at radius 1 is 1.44 bits per heavy atom. The summed E-state index contributed by atoms with van der Waals surface area (Å²) in [5, 5.41) is 19.3. The number of rotatable bonds is 7. The molecule has 2 aromatic heterocycles. The van der Waals surface area contributed by atoms with Gasteiger partial charge in [-0.05, 0) is 31.2 Å². The number of aryl methyl sites for hydroxylation is 2. The molecule has 7 heteroatoms. The molecule has 1 atom stereocenters. The van der Waals surface area contributed by atoms with Gasteiger partial charge in [-0.1, -0.05) is 17.8 Å². The number of fused-ring (bicyclic) bond motifs is 3. The zero-order chi connectivity index (χ0) is 17.8. The first kappa shape index (κ1) is 17.7. The van der Waals surface area contributed by atoms with Gasteiger partial charge in [-0.15, -0.1) is 17.9 Å². The predicted octanol–water partition coefficient (Wildman–Crippen LogP) is 3.67. The molecule has 1 aliphatic rings. The number of nitriles is 2. The van der Waals surface area contributed by atoms with Gasteiger partial charge in [0, 0.05) is 23.6 Å². The number of aromatic nitrogens is 2. The normalized spacial score (nSPS) is 14.0. The first-order valence-electron chi connectivity index (χ1n) is 8.25. The Morgan fingerprint density at radius 2 is 2.28 bits per heavy atom. The van der Waals surface area contributed by atoms with Gasteiger partial charge in [0.1, 0.15) is 4.83 Å². The predicted molar refractivity (Wildman–Crippen MR) is 101 cm³/mol. The fourth-order valence-corrected chi connectivity index (χ4v) is 5.43. The highest BCUT2D eigenvalue weighted by Crippen LogP contribution is 2.35.